The Bertz CT molecular complexity index is 929. The molecule has 0 atom stereocenters. The third kappa shape index (κ3) is 5.55. The van der Waals surface area contributed by atoms with Crippen LogP contribution in [0, 0.1) is 11.3 Å². The van der Waals surface area contributed by atoms with Crippen molar-refractivity contribution in [3.05, 3.63) is 77.4 Å². The maximum absolute atomic E-state index is 13.7. The van der Waals surface area contributed by atoms with E-state index in [0.717, 1.165) is 5.56 Å². The lowest BCUT2D eigenvalue weighted by molar-refractivity contribution is -0.132. The predicted molar refractivity (Wildman–Crippen MR) is 109 cm³/mol. The van der Waals surface area contributed by atoms with Crippen molar-refractivity contribution in [1.82, 2.24) is 4.67 Å². The third-order valence-electron chi connectivity index (χ3n) is 3.92. The summed E-state index contributed by atoms with van der Waals surface area (Å²) < 4.78 is 26.0. The number of carboxylic acids is 1. The highest BCUT2D eigenvalue weighted by Gasteiger charge is 2.38. The van der Waals surface area contributed by atoms with Crippen LogP contribution in [0.5, 0.6) is 0 Å². The molecule has 0 amide bonds. The summed E-state index contributed by atoms with van der Waals surface area (Å²) in [5.74, 6) is -1.43. The van der Waals surface area contributed by atoms with E-state index in [0.29, 0.717) is 5.56 Å². The minimum absolute atomic E-state index is 0.0188. The van der Waals surface area contributed by atoms with Crippen molar-refractivity contribution in [2.24, 2.45) is 0 Å². The summed E-state index contributed by atoms with van der Waals surface area (Å²) in [5.41, 5.74) is 0.603. The van der Waals surface area contributed by atoms with E-state index in [9.17, 15) is 19.7 Å². The van der Waals surface area contributed by atoms with Crippen LogP contribution in [-0.2, 0) is 25.0 Å². The molecule has 0 heterocycles. The van der Waals surface area contributed by atoms with E-state index >= 15 is 0 Å². The first kappa shape index (κ1) is 22.4. The number of hydrogen-bond donors (Lipinski definition) is 1. The standard InChI is InChI=1S/C21H23N2O5P/c1-3-27-29(26,28-4-2)23(16-17-11-7-5-8-12-17)20(19(15-22)21(24)25)18-13-9-6-10-14-18/h5-14H,3-4,16H2,1-2H3,(H,24,25). The van der Waals surface area contributed by atoms with Gasteiger partial charge in [0.05, 0.1) is 25.5 Å². The van der Waals surface area contributed by atoms with Gasteiger partial charge >= 0.3 is 13.7 Å². The number of hydrogen-bond acceptors (Lipinski definition) is 5. The molecule has 29 heavy (non-hydrogen) atoms. The van der Waals surface area contributed by atoms with Crippen LogP contribution in [0.2, 0.25) is 0 Å². The van der Waals surface area contributed by atoms with Crippen molar-refractivity contribution in [2.45, 2.75) is 20.4 Å². The largest absolute Gasteiger partial charge is 0.477 e. The molecule has 0 aromatic heterocycles. The van der Waals surface area contributed by atoms with Gasteiger partial charge in [0.2, 0.25) is 0 Å². The number of carbonyl (C=O) groups is 1. The van der Waals surface area contributed by atoms with E-state index in [-0.39, 0.29) is 25.5 Å². The van der Waals surface area contributed by atoms with Crippen molar-refractivity contribution >= 4 is 19.4 Å². The summed E-state index contributed by atoms with van der Waals surface area (Å²) in [5, 5.41) is 19.2. The van der Waals surface area contributed by atoms with Gasteiger partial charge in [0.25, 0.3) is 0 Å². The lowest BCUT2D eigenvalue weighted by atomic mass is 10.1. The van der Waals surface area contributed by atoms with Gasteiger partial charge in [-0.1, -0.05) is 60.7 Å². The average Bonchev–Trinajstić information content (AvgIpc) is 2.72. The maximum Gasteiger partial charge on any atom is 0.435 e. The molecular formula is C21H23N2O5P. The molecule has 8 heteroatoms. The van der Waals surface area contributed by atoms with Crippen molar-refractivity contribution < 1.29 is 23.5 Å². The fourth-order valence-electron chi connectivity index (χ4n) is 2.77. The van der Waals surface area contributed by atoms with Crippen LogP contribution in [0.15, 0.2) is 66.2 Å². The molecule has 2 aromatic rings. The predicted octanol–water partition coefficient (Wildman–Crippen LogP) is 4.69. The van der Waals surface area contributed by atoms with Gasteiger partial charge < -0.3 is 5.11 Å². The summed E-state index contributed by atoms with van der Waals surface area (Å²) in [7, 11) is -3.96. The van der Waals surface area contributed by atoms with Crippen LogP contribution < -0.4 is 0 Å². The lowest BCUT2D eigenvalue weighted by Gasteiger charge is -2.33. The monoisotopic (exact) mass is 414 g/mol. The van der Waals surface area contributed by atoms with Gasteiger partial charge in [-0.3, -0.25) is 13.7 Å². The molecule has 0 spiro atoms. The molecule has 0 bridgehead atoms. The summed E-state index contributed by atoms with van der Waals surface area (Å²) in [6.45, 7) is 3.53. The second-order valence-electron chi connectivity index (χ2n) is 5.85. The minimum Gasteiger partial charge on any atom is -0.477 e. The maximum atomic E-state index is 13.7. The zero-order valence-electron chi connectivity index (χ0n) is 16.3. The zero-order valence-corrected chi connectivity index (χ0v) is 17.2. The number of rotatable bonds is 10. The highest BCUT2D eigenvalue weighted by Crippen LogP contribution is 2.57. The summed E-state index contributed by atoms with van der Waals surface area (Å²) >= 11 is 0. The first-order valence-corrected chi connectivity index (χ1v) is 10.6. The molecule has 7 nitrogen and oxygen atoms in total. The number of nitrogens with zero attached hydrogens (tertiary/aromatic N) is 2. The van der Waals surface area contributed by atoms with Gasteiger partial charge in [-0.25, -0.2) is 9.36 Å². The lowest BCUT2D eigenvalue weighted by Crippen LogP contribution is -2.24. The summed E-state index contributed by atoms with van der Waals surface area (Å²) in [4.78, 5) is 11.9. The van der Waals surface area contributed by atoms with Crippen LogP contribution in [0.1, 0.15) is 25.0 Å². The first-order chi connectivity index (χ1) is 14.0. The molecule has 0 fully saturated rings. The fourth-order valence-corrected chi connectivity index (χ4v) is 4.57. The van der Waals surface area contributed by atoms with Gasteiger partial charge in [0.15, 0.2) is 5.57 Å². The summed E-state index contributed by atoms with van der Waals surface area (Å²) in [6.07, 6.45) is 0. The number of nitriles is 1. The van der Waals surface area contributed by atoms with Crippen LogP contribution in [-0.4, -0.2) is 29.0 Å². The number of carboxylic acid groups (broad SMARTS) is 1. The molecule has 0 aliphatic carbocycles. The normalized spacial score (nSPS) is 12.0. The Morgan fingerprint density at radius 3 is 2.00 bits per heavy atom. The average molecular weight is 414 g/mol. The van der Waals surface area contributed by atoms with Gasteiger partial charge in [0, 0.05) is 0 Å². The molecule has 0 aliphatic rings. The Hall–Kier alpha value is -2.91. The Balaban J connectivity index is 2.78. The van der Waals surface area contributed by atoms with Crippen molar-refractivity contribution in [2.75, 3.05) is 13.2 Å². The number of aliphatic carboxylic acids is 1. The molecule has 0 saturated carbocycles. The van der Waals surface area contributed by atoms with E-state index in [4.69, 9.17) is 9.05 Å². The molecule has 0 radical (unpaired) electrons. The molecule has 2 rings (SSSR count). The molecular weight excluding hydrogens is 391 g/mol. The molecule has 0 unspecified atom stereocenters. The third-order valence-corrected chi connectivity index (χ3v) is 6.02. The quantitative estimate of drug-likeness (QED) is 0.342. The van der Waals surface area contributed by atoms with Crippen molar-refractivity contribution in [3.8, 4) is 6.07 Å². The van der Waals surface area contributed by atoms with Crippen LogP contribution >= 0.6 is 7.75 Å². The van der Waals surface area contributed by atoms with E-state index in [1.165, 1.54) is 4.67 Å². The van der Waals surface area contributed by atoms with Gasteiger partial charge in [0.1, 0.15) is 6.07 Å². The molecule has 1 N–H and O–H groups in total. The second kappa shape index (κ2) is 10.6. The smallest absolute Gasteiger partial charge is 0.435 e. The fraction of sp³-hybridized carbons (Fsp3) is 0.238. The van der Waals surface area contributed by atoms with Crippen molar-refractivity contribution in [1.29, 1.82) is 5.26 Å². The first-order valence-electron chi connectivity index (χ1n) is 9.11. The van der Waals surface area contributed by atoms with E-state index in [1.54, 1.807) is 50.2 Å². The topological polar surface area (TPSA) is 99.9 Å². The van der Waals surface area contributed by atoms with Crippen LogP contribution in [0.4, 0.5) is 0 Å². The van der Waals surface area contributed by atoms with Crippen LogP contribution in [0.25, 0.3) is 5.70 Å². The Kier molecular flexibility index (Phi) is 8.17. The molecule has 152 valence electrons. The number of benzene rings is 2. The van der Waals surface area contributed by atoms with Crippen molar-refractivity contribution in [3.63, 3.8) is 0 Å². The van der Waals surface area contributed by atoms with Crippen LogP contribution in [0.3, 0.4) is 0 Å². The second-order valence-corrected chi connectivity index (χ2v) is 7.79. The highest BCUT2D eigenvalue weighted by molar-refractivity contribution is 7.51. The Labute approximate surface area is 170 Å². The molecule has 0 saturated heterocycles. The van der Waals surface area contributed by atoms with Gasteiger partial charge in [-0.05, 0) is 25.0 Å². The van der Waals surface area contributed by atoms with Gasteiger partial charge in [-0.15, -0.1) is 0 Å². The summed E-state index contributed by atoms with van der Waals surface area (Å²) in [6, 6.07) is 19.3. The Morgan fingerprint density at radius 1 is 1.03 bits per heavy atom. The Morgan fingerprint density at radius 2 is 1.55 bits per heavy atom. The van der Waals surface area contributed by atoms with Gasteiger partial charge in [-0.2, -0.15) is 5.26 Å². The highest BCUT2D eigenvalue weighted by atomic mass is 31.2. The SMILES string of the molecule is CCOP(=O)(OCC)N(Cc1ccccc1)C(=C(C#N)C(=O)O)c1ccccc1. The molecule has 0 aliphatic heterocycles. The zero-order chi connectivity index (χ0) is 21.3. The van der Waals surface area contributed by atoms with E-state index in [2.05, 4.69) is 0 Å². The van der Waals surface area contributed by atoms with E-state index in [1.807, 2.05) is 30.3 Å². The van der Waals surface area contributed by atoms with E-state index < -0.39 is 19.3 Å². The minimum atomic E-state index is -3.96. The molecule has 2 aromatic carbocycles.